The van der Waals surface area contributed by atoms with Crippen molar-refractivity contribution in [1.82, 2.24) is 24.0 Å². The number of halogens is 1. The first-order valence-electron chi connectivity index (χ1n) is 15.3. The lowest BCUT2D eigenvalue weighted by Gasteiger charge is -2.34. The lowest BCUT2D eigenvalue weighted by molar-refractivity contribution is -0.0592. The number of hydrogen-bond donors (Lipinski definition) is 1. The van der Waals surface area contributed by atoms with E-state index in [2.05, 4.69) is 27.0 Å². The number of methoxy groups -OCH3 is 1. The lowest BCUT2D eigenvalue weighted by Crippen LogP contribution is -2.38. The molecule has 3 aromatic carbocycles. The second-order valence-corrected chi connectivity index (χ2v) is 12.2. The van der Waals surface area contributed by atoms with Gasteiger partial charge in [-0.3, -0.25) is 4.90 Å². The van der Waals surface area contributed by atoms with E-state index >= 15 is 0 Å². The predicted octanol–water partition coefficient (Wildman–Crippen LogP) is 6.44. The van der Waals surface area contributed by atoms with Crippen LogP contribution in [0.5, 0.6) is 11.5 Å². The van der Waals surface area contributed by atoms with Gasteiger partial charge in [0.25, 0.3) is 0 Å². The molecule has 1 saturated heterocycles. The summed E-state index contributed by atoms with van der Waals surface area (Å²) in [5.74, 6) is 1.92. The third kappa shape index (κ3) is 4.77. The van der Waals surface area contributed by atoms with Crippen LogP contribution in [0.25, 0.3) is 33.0 Å². The van der Waals surface area contributed by atoms with Gasteiger partial charge in [-0.2, -0.15) is 0 Å². The van der Waals surface area contributed by atoms with Gasteiger partial charge in [0, 0.05) is 30.6 Å². The summed E-state index contributed by atoms with van der Waals surface area (Å²) >= 11 is 6.34. The van der Waals surface area contributed by atoms with Crippen molar-refractivity contribution in [3.05, 3.63) is 82.6 Å². The average Bonchev–Trinajstić information content (AvgIpc) is 3.76. The number of carboxylic acids is 1. The molecule has 2 atom stereocenters. The maximum absolute atomic E-state index is 11.9. The quantitative estimate of drug-likeness (QED) is 0.190. The van der Waals surface area contributed by atoms with Crippen LogP contribution in [0.4, 0.5) is 0 Å². The van der Waals surface area contributed by atoms with Crippen molar-refractivity contribution in [2.45, 2.75) is 51.7 Å². The van der Waals surface area contributed by atoms with Crippen molar-refractivity contribution in [1.29, 1.82) is 0 Å². The minimum atomic E-state index is -1.01. The van der Waals surface area contributed by atoms with Gasteiger partial charge >= 0.3 is 5.97 Å². The molecule has 2 aliphatic heterocycles. The molecule has 0 bridgehead atoms. The molecule has 3 aromatic heterocycles. The van der Waals surface area contributed by atoms with Crippen molar-refractivity contribution in [2.24, 2.45) is 0 Å². The van der Waals surface area contributed by atoms with E-state index in [9.17, 15) is 9.90 Å². The first-order valence-corrected chi connectivity index (χ1v) is 15.7. The number of furan rings is 1. The molecule has 46 heavy (non-hydrogen) atoms. The zero-order chi connectivity index (χ0) is 31.5. The molecule has 236 valence electrons. The number of nitrogens with zero attached hydrogens (tertiary/aromatic N) is 5. The van der Waals surface area contributed by atoms with Gasteiger partial charge in [0.1, 0.15) is 46.4 Å². The summed E-state index contributed by atoms with van der Waals surface area (Å²) in [7, 11) is 1.54. The number of rotatable bonds is 9. The van der Waals surface area contributed by atoms with Crippen molar-refractivity contribution in [2.75, 3.05) is 20.3 Å². The van der Waals surface area contributed by atoms with Crippen LogP contribution < -0.4 is 9.47 Å². The molecule has 1 N–H and O–H groups in total. The number of aromatic carboxylic acids is 1. The highest BCUT2D eigenvalue weighted by Crippen LogP contribution is 2.36. The lowest BCUT2D eigenvalue weighted by atomic mass is 10.1. The molecular weight excluding hydrogens is 610 g/mol. The molecule has 0 amide bonds. The summed E-state index contributed by atoms with van der Waals surface area (Å²) in [6.45, 7) is 5.89. The molecule has 0 radical (unpaired) electrons. The number of carbonyl (C=O) groups is 1. The average molecular weight is 642 g/mol. The summed E-state index contributed by atoms with van der Waals surface area (Å²) in [5.41, 5.74) is 5.01. The first-order chi connectivity index (χ1) is 22.4. The zero-order valence-electron chi connectivity index (χ0n) is 25.4. The minimum Gasteiger partial charge on any atom is -0.494 e. The number of hydrogen-bond acceptors (Lipinski definition) is 8. The molecule has 0 spiro atoms. The van der Waals surface area contributed by atoms with E-state index in [-0.39, 0.29) is 17.7 Å². The van der Waals surface area contributed by atoms with Gasteiger partial charge in [-0.1, -0.05) is 23.7 Å². The Bertz CT molecular complexity index is 2130. The molecule has 0 unspecified atom stereocenters. The van der Waals surface area contributed by atoms with E-state index in [4.69, 9.17) is 40.2 Å². The van der Waals surface area contributed by atoms with Crippen molar-refractivity contribution >= 4 is 50.6 Å². The molecule has 8 rings (SSSR count). The number of imidazole rings is 2. The van der Waals surface area contributed by atoms with Crippen molar-refractivity contribution in [3.8, 4) is 11.5 Å². The Hall–Kier alpha value is -4.58. The molecule has 0 aliphatic carbocycles. The molecular formula is C34H32ClN5O6. The highest BCUT2D eigenvalue weighted by atomic mass is 35.5. The van der Waals surface area contributed by atoms with Gasteiger partial charge in [-0.05, 0) is 49.7 Å². The second-order valence-electron chi connectivity index (χ2n) is 11.8. The fraction of sp³-hybridized carbons (Fsp3) is 0.324. The summed E-state index contributed by atoms with van der Waals surface area (Å²) in [6, 6.07) is 14.9. The van der Waals surface area contributed by atoms with Gasteiger partial charge in [-0.25, -0.2) is 14.8 Å². The number of benzene rings is 3. The van der Waals surface area contributed by atoms with E-state index in [1.54, 1.807) is 12.3 Å². The molecule has 1 fully saturated rings. The molecule has 11 nitrogen and oxygen atoms in total. The van der Waals surface area contributed by atoms with Gasteiger partial charge in [-0.15, -0.1) is 0 Å². The Kier molecular flexibility index (Phi) is 7.12. The summed E-state index contributed by atoms with van der Waals surface area (Å²) in [5, 5.41) is 11.3. The fourth-order valence-corrected chi connectivity index (χ4v) is 6.83. The molecule has 0 saturated carbocycles. The molecule has 5 heterocycles. The van der Waals surface area contributed by atoms with Gasteiger partial charge < -0.3 is 32.9 Å². The molecule has 6 aromatic rings. The topological polar surface area (TPSA) is 117 Å². The van der Waals surface area contributed by atoms with Crippen LogP contribution in [-0.4, -0.2) is 61.4 Å². The Morgan fingerprint density at radius 1 is 1.09 bits per heavy atom. The number of para-hydroxylation sites is 1. The Morgan fingerprint density at radius 3 is 2.72 bits per heavy atom. The van der Waals surface area contributed by atoms with Crippen LogP contribution in [0.2, 0.25) is 5.02 Å². The van der Waals surface area contributed by atoms with Crippen LogP contribution >= 0.6 is 11.6 Å². The standard InChI is InChI=1S/C34H32ClN5O6/c1-19-33-37-30-25(4-3-5-27(30)46-18-20-6-7-24(35)23-9-13-45-32(20)23)39(33)11-10-38(19)17-29-36-31-26(40(29)16-22-8-12-44-22)14-21(34(41)42)15-28(31)43-2/h3-7,9,13-15,19,22H,8,10-12,16-18H2,1-2H3,(H,41,42)/t19-,22+/m1/s1. The number of carboxylic acid groups (broad SMARTS) is 1. The Morgan fingerprint density at radius 2 is 1.93 bits per heavy atom. The van der Waals surface area contributed by atoms with E-state index in [1.165, 1.54) is 13.2 Å². The van der Waals surface area contributed by atoms with E-state index in [0.717, 1.165) is 70.8 Å². The maximum atomic E-state index is 11.9. The van der Waals surface area contributed by atoms with Crippen molar-refractivity contribution < 1.29 is 28.5 Å². The zero-order valence-corrected chi connectivity index (χ0v) is 26.2. The van der Waals surface area contributed by atoms with Gasteiger partial charge in [0.2, 0.25) is 0 Å². The summed E-state index contributed by atoms with van der Waals surface area (Å²) in [4.78, 5) is 24.4. The Labute approximate surface area is 268 Å². The van der Waals surface area contributed by atoms with Crippen LogP contribution in [0.15, 0.2) is 59.2 Å². The van der Waals surface area contributed by atoms with Gasteiger partial charge in [0.05, 0.1) is 60.2 Å². The normalized spacial score (nSPS) is 18.2. The van der Waals surface area contributed by atoms with E-state index in [0.29, 0.717) is 41.7 Å². The Balaban J connectivity index is 1.10. The highest BCUT2D eigenvalue weighted by molar-refractivity contribution is 6.35. The highest BCUT2D eigenvalue weighted by Gasteiger charge is 2.31. The van der Waals surface area contributed by atoms with E-state index < -0.39 is 5.97 Å². The fourth-order valence-electron chi connectivity index (χ4n) is 6.62. The smallest absolute Gasteiger partial charge is 0.335 e. The van der Waals surface area contributed by atoms with E-state index in [1.807, 2.05) is 30.3 Å². The third-order valence-corrected chi connectivity index (χ3v) is 9.55. The molecule has 12 heteroatoms. The van der Waals surface area contributed by atoms with Crippen LogP contribution in [0, 0.1) is 0 Å². The van der Waals surface area contributed by atoms with Crippen LogP contribution in [0.3, 0.4) is 0 Å². The van der Waals surface area contributed by atoms with Crippen LogP contribution in [0.1, 0.15) is 47.0 Å². The summed E-state index contributed by atoms with van der Waals surface area (Å²) in [6.07, 6.45) is 2.65. The second kappa shape index (κ2) is 11.3. The third-order valence-electron chi connectivity index (χ3n) is 9.22. The predicted molar refractivity (Wildman–Crippen MR) is 172 cm³/mol. The maximum Gasteiger partial charge on any atom is 0.335 e. The number of fused-ring (bicyclic) bond motifs is 5. The molecule has 2 aliphatic rings. The largest absolute Gasteiger partial charge is 0.494 e. The minimum absolute atomic E-state index is 0.0160. The number of aromatic nitrogens is 4. The SMILES string of the molecule is COc1cc(C(=O)O)cc2c1nc(CN1CCn3c(nc4c(OCc5ccc(Cl)c6ccoc56)cccc43)[C@H]1C)n2C[C@@H]1CCO1. The monoisotopic (exact) mass is 641 g/mol. The number of ether oxygens (including phenoxy) is 3. The summed E-state index contributed by atoms with van der Waals surface area (Å²) < 4.78 is 27.8. The van der Waals surface area contributed by atoms with Gasteiger partial charge in [0.15, 0.2) is 0 Å². The first kappa shape index (κ1) is 28.9. The van der Waals surface area contributed by atoms with Crippen molar-refractivity contribution in [3.63, 3.8) is 0 Å². The van der Waals surface area contributed by atoms with Crippen LogP contribution in [-0.2, 0) is 31.0 Å².